The Labute approximate surface area is 195 Å². The van der Waals surface area contributed by atoms with Gasteiger partial charge in [0.15, 0.2) is 6.61 Å². The van der Waals surface area contributed by atoms with Crippen molar-refractivity contribution in [2.45, 2.75) is 0 Å². The van der Waals surface area contributed by atoms with E-state index >= 15 is 0 Å². The number of anilines is 2. The molecule has 1 heterocycles. The third-order valence-electron chi connectivity index (χ3n) is 4.60. The van der Waals surface area contributed by atoms with E-state index in [1.165, 1.54) is 11.3 Å². The third kappa shape index (κ3) is 5.96. The van der Waals surface area contributed by atoms with E-state index < -0.39 is 0 Å². The largest absolute Gasteiger partial charge is 0.495 e. The van der Waals surface area contributed by atoms with Crippen molar-refractivity contribution >= 4 is 34.3 Å². The lowest BCUT2D eigenvalue weighted by Gasteiger charge is -2.11. The zero-order valence-corrected chi connectivity index (χ0v) is 18.7. The minimum Gasteiger partial charge on any atom is -0.495 e. The van der Waals surface area contributed by atoms with Crippen LogP contribution in [-0.4, -0.2) is 30.8 Å². The fourth-order valence-electron chi connectivity index (χ4n) is 3.02. The van der Waals surface area contributed by atoms with Gasteiger partial charge in [-0.3, -0.25) is 10.2 Å². The van der Waals surface area contributed by atoms with Gasteiger partial charge in [0.2, 0.25) is 5.13 Å². The summed E-state index contributed by atoms with van der Waals surface area (Å²) in [7, 11) is 1.55. The van der Waals surface area contributed by atoms with Gasteiger partial charge in [-0.2, -0.15) is 5.10 Å². The summed E-state index contributed by atoms with van der Waals surface area (Å²) in [6, 6.07) is 24.5. The van der Waals surface area contributed by atoms with Crippen LogP contribution in [0.25, 0.3) is 11.3 Å². The molecule has 0 unspecified atom stereocenters. The number of aromatic nitrogens is 1. The van der Waals surface area contributed by atoms with Crippen LogP contribution in [-0.2, 0) is 4.79 Å². The number of methoxy groups -OCH3 is 1. The van der Waals surface area contributed by atoms with Crippen molar-refractivity contribution in [2.24, 2.45) is 5.10 Å². The molecule has 0 fully saturated rings. The highest BCUT2D eigenvalue weighted by Crippen LogP contribution is 2.25. The van der Waals surface area contributed by atoms with Gasteiger partial charge in [0.25, 0.3) is 5.91 Å². The minimum absolute atomic E-state index is 0.150. The van der Waals surface area contributed by atoms with Crippen molar-refractivity contribution in [3.05, 3.63) is 89.8 Å². The molecule has 0 aliphatic heterocycles. The number of carbonyl (C=O) groups is 1. The van der Waals surface area contributed by atoms with E-state index in [2.05, 4.69) is 20.8 Å². The van der Waals surface area contributed by atoms with Crippen LogP contribution in [0.3, 0.4) is 0 Å². The summed E-state index contributed by atoms with van der Waals surface area (Å²) < 4.78 is 11.0. The number of hydrogen-bond acceptors (Lipinski definition) is 7. The number of nitrogens with zero attached hydrogens (tertiary/aromatic N) is 2. The number of carbonyl (C=O) groups excluding carboxylic acids is 1. The Hall–Kier alpha value is -4.17. The van der Waals surface area contributed by atoms with Gasteiger partial charge in [-0.25, -0.2) is 4.98 Å². The fourth-order valence-corrected chi connectivity index (χ4v) is 3.69. The molecule has 1 aromatic heterocycles. The molecule has 0 bridgehead atoms. The van der Waals surface area contributed by atoms with Gasteiger partial charge >= 0.3 is 0 Å². The summed E-state index contributed by atoms with van der Waals surface area (Å²) in [6.45, 7) is -0.150. The number of hydrogen-bond donors (Lipinski definition) is 2. The molecule has 0 spiro atoms. The molecule has 0 atom stereocenters. The first-order valence-corrected chi connectivity index (χ1v) is 11.1. The molecule has 0 aliphatic carbocycles. The van der Waals surface area contributed by atoms with Gasteiger partial charge in [-0.15, -0.1) is 11.3 Å². The SMILES string of the molecule is COc1ccccc1NC(=O)COc1ccccc1C=NNc1nc(-c2ccccc2)cs1. The van der Waals surface area contributed by atoms with Gasteiger partial charge in [-0.05, 0) is 24.3 Å². The predicted octanol–water partition coefficient (Wildman–Crippen LogP) is 5.28. The smallest absolute Gasteiger partial charge is 0.262 e. The van der Waals surface area contributed by atoms with Crippen LogP contribution in [0.4, 0.5) is 10.8 Å². The van der Waals surface area contributed by atoms with Crippen molar-refractivity contribution < 1.29 is 14.3 Å². The highest BCUT2D eigenvalue weighted by atomic mass is 32.1. The van der Waals surface area contributed by atoms with Gasteiger partial charge in [0.1, 0.15) is 11.5 Å². The summed E-state index contributed by atoms with van der Waals surface area (Å²) in [5.74, 6) is 0.838. The summed E-state index contributed by atoms with van der Waals surface area (Å²) in [6.07, 6.45) is 1.64. The molecule has 8 heteroatoms. The molecule has 0 aliphatic rings. The lowest BCUT2D eigenvalue weighted by molar-refractivity contribution is -0.118. The van der Waals surface area contributed by atoms with Crippen LogP contribution in [0.2, 0.25) is 0 Å². The van der Waals surface area contributed by atoms with Gasteiger partial charge in [-0.1, -0.05) is 54.6 Å². The maximum absolute atomic E-state index is 12.3. The van der Waals surface area contributed by atoms with E-state index in [1.807, 2.05) is 66.0 Å². The Morgan fingerprint density at radius 3 is 2.55 bits per heavy atom. The molecule has 7 nitrogen and oxygen atoms in total. The van der Waals surface area contributed by atoms with Gasteiger partial charge < -0.3 is 14.8 Å². The molecule has 2 N–H and O–H groups in total. The van der Waals surface area contributed by atoms with Crippen molar-refractivity contribution in [3.8, 4) is 22.8 Å². The average Bonchev–Trinajstić information content (AvgIpc) is 3.33. The monoisotopic (exact) mass is 458 g/mol. The van der Waals surface area contributed by atoms with Crippen LogP contribution in [0, 0.1) is 0 Å². The molecule has 0 radical (unpaired) electrons. The predicted molar refractivity (Wildman–Crippen MR) is 132 cm³/mol. The van der Waals surface area contributed by atoms with Crippen molar-refractivity contribution in [1.82, 2.24) is 4.98 Å². The first-order chi connectivity index (χ1) is 16.2. The number of rotatable bonds is 9. The van der Waals surface area contributed by atoms with E-state index in [0.717, 1.165) is 16.8 Å². The summed E-state index contributed by atoms with van der Waals surface area (Å²) in [5, 5.41) is 9.72. The number of amides is 1. The Morgan fingerprint density at radius 1 is 1.00 bits per heavy atom. The second-order valence-corrected chi connectivity index (χ2v) is 7.71. The third-order valence-corrected chi connectivity index (χ3v) is 5.34. The number of thiazole rings is 1. The van der Waals surface area contributed by atoms with Crippen LogP contribution < -0.4 is 20.2 Å². The van der Waals surface area contributed by atoms with Crippen molar-refractivity contribution in [2.75, 3.05) is 24.5 Å². The Kier molecular flexibility index (Phi) is 7.29. The maximum atomic E-state index is 12.3. The van der Waals surface area contributed by atoms with Crippen LogP contribution in [0.5, 0.6) is 11.5 Å². The highest BCUT2D eigenvalue weighted by molar-refractivity contribution is 7.14. The van der Waals surface area contributed by atoms with Crippen LogP contribution in [0.1, 0.15) is 5.56 Å². The first-order valence-electron chi connectivity index (χ1n) is 10.2. The number of hydrazone groups is 1. The zero-order valence-electron chi connectivity index (χ0n) is 17.9. The average molecular weight is 459 g/mol. The lowest BCUT2D eigenvalue weighted by Crippen LogP contribution is -2.20. The molecule has 0 saturated carbocycles. The fraction of sp³-hybridized carbons (Fsp3) is 0.0800. The van der Waals surface area contributed by atoms with E-state index in [9.17, 15) is 4.79 Å². The number of benzene rings is 3. The van der Waals surface area contributed by atoms with Crippen LogP contribution in [0.15, 0.2) is 89.3 Å². The van der Waals surface area contributed by atoms with Crippen molar-refractivity contribution in [3.63, 3.8) is 0 Å². The molecule has 1 amide bonds. The molecule has 0 saturated heterocycles. The minimum atomic E-state index is -0.291. The van der Waals surface area contributed by atoms with E-state index in [0.29, 0.717) is 22.3 Å². The second kappa shape index (κ2) is 10.9. The second-order valence-electron chi connectivity index (χ2n) is 6.85. The Balaban J connectivity index is 1.35. The molecular formula is C25H22N4O3S. The van der Waals surface area contributed by atoms with E-state index in [-0.39, 0.29) is 12.5 Å². The molecule has 4 rings (SSSR count). The number of ether oxygens (including phenoxy) is 2. The number of nitrogens with one attached hydrogen (secondary N) is 2. The molecule has 4 aromatic rings. The van der Waals surface area contributed by atoms with E-state index in [1.54, 1.807) is 31.5 Å². The highest BCUT2D eigenvalue weighted by Gasteiger charge is 2.09. The summed E-state index contributed by atoms with van der Waals surface area (Å²) in [5.41, 5.74) is 6.21. The summed E-state index contributed by atoms with van der Waals surface area (Å²) in [4.78, 5) is 16.9. The molecule has 3 aromatic carbocycles. The quantitative estimate of drug-likeness (QED) is 0.263. The van der Waals surface area contributed by atoms with Gasteiger partial charge in [0, 0.05) is 16.5 Å². The molecule has 166 valence electrons. The van der Waals surface area contributed by atoms with E-state index in [4.69, 9.17) is 9.47 Å². The summed E-state index contributed by atoms with van der Waals surface area (Å²) >= 11 is 1.47. The number of para-hydroxylation sites is 3. The normalized spacial score (nSPS) is 10.7. The Bertz CT molecular complexity index is 1240. The Morgan fingerprint density at radius 2 is 1.73 bits per heavy atom. The standard InChI is InChI=1S/C25H22N4O3S/c1-31-23-14-8-6-12-20(23)27-24(30)16-32-22-13-7-5-11-19(22)15-26-29-25-28-21(17-33-25)18-9-3-2-4-10-18/h2-15,17H,16H2,1H3,(H,27,30)(H,28,29). The first kappa shape index (κ1) is 22.0. The topological polar surface area (TPSA) is 84.8 Å². The lowest BCUT2D eigenvalue weighted by atomic mass is 10.2. The van der Waals surface area contributed by atoms with Gasteiger partial charge in [0.05, 0.1) is 24.7 Å². The molecular weight excluding hydrogens is 436 g/mol. The van der Waals surface area contributed by atoms with Crippen molar-refractivity contribution in [1.29, 1.82) is 0 Å². The zero-order chi connectivity index (χ0) is 22.9. The maximum Gasteiger partial charge on any atom is 0.262 e. The van der Waals surface area contributed by atoms with Crippen LogP contribution >= 0.6 is 11.3 Å². The molecule has 33 heavy (non-hydrogen) atoms.